The van der Waals surface area contributed by atoms with Crippen LogP contribution in [0.15, 0.2) is 30.3 Å². The second-order valence-corrected chi connectivity index (χ2v) is 5.23. The lowest BCUT2D eigenvalue weighted by atomic mass is 10.0. The highest BCUT2D eigenvalue weighted by atomic mass is 16.3. The van der Waals surface area contributed by atoms with Crippen molar-refractivity contribution in [3.05, 3.63) is 35.9 Å². The van der Waals surface area contributed by atoms with E-state index in [1.165, 1.54) is 18.4 Å². The molecule has 17 heavy (non-hydrogen) atoms. The summed E-state index contributed by atoms with van der Waals surface area (Å²) in [6.45, 7) is 2.77. The third kappa shape index (κ3) is 4.49. The third-order valence-corrected chi connectivity index (χ3v) is 3.46. The van der Waals surface area contributed by atoms with Gasteiger partial charge in [-0.3, -0.25) is 0 Å². The van der Waals surface area contributed by atoms with Gasteiger partial charge in [0.1, 0.15) is 0 Å². The molecule has 0 heterocycles. The van der Waals surface area contributed by atoms with E-state index in [4.69, 9.17) is 0 Å². The van der Waals surface area contributed by atoms with Crippen molar-refractivity contribution < 1.29 is 5.11 Å². The Hall–Kier alpha value is -0.860. The minimum absolute atomic E-state index is 0.195. The van der Waals surface area contributed by atoms with Crippen LogP contribution in [0.3, 0.4) is 0 Å². The van der Waals surface area contributed by atoms with Gasteiger partial charge in [0.05, 0.1) is 6.10 Å². The third-order valence-electron chi connectivity index (χ3n) is 3.46. The second kappa shape index (κ2) is 6.18. The van der Waals surface area contributed by atoms with Crippen LogP contribution < -0.4 is 5.32 Å². The average molecular weight is 233 g/mol. The van der Waals surface area contributed by atoms with Crippen molar-refractivity contribution in [2.45, 2.75) is 44.8 Å². The molecule has 0 aliphatic heterocycles. The van der Waals surface area contributed by atoms with Gasteiger partial charge in [-0.1, -0.05) is 30.3 Å². The van der Waals surface area contributed by atoms with Crippen LogP contribution in [-0.4, -0.2) is 23.8 Å². The number of benzene rings is 1. The Labute approximate surface area is 104 Å². The lowest BCUT2D eigenvalue weighted by Crippen LogP contribution is -2.34. The molecular formula is C15H23NO. The smallest absolute Gasteiger partial charge is 0.0524 e. The zero-order chi connectivity index (χ0) is 12.1. The molecule has 2 nitrogen and oxygen atoms in total. The molecule has 2 heteroatoms. The molecule has 0 bridgehead atoms. The standard InChI is InChI=1S/C15H23NO/c1-12(17)9-10-16-15(14-7-8-14)11-13-5-3-2-4-6-13/h2-6,12,14-17H,7-11H2,1H3. The topological polar surface area (TPSA) is 32.3 Å². The summed E-state index contributed by atoms with van der Waals surface area (Å²) >= 11 is 0. The van der Waals surface area contributed by atoms with Gasteiger partial charge < -0.3 is 10.4 Å². The van der Waals surface area contributed by atoms with Crippen LogP contribution in [0.25, 0.3) is 0 Å². The van der Waals surface area contributed by atoms with Crippen LogP contribution in [0.1, 0.15) is 31.7 Å². The lowest BCUT2D eigenvalue weighted by Gasteiger charge is -2.19. The summed E-state index contributed by atoms with van der Waals surface area (Å²) in [5.41, 5.74) is 1.41. The first kappa shape index (κ1) is 12.6. The van der Waals surface area contributed by atoms with Crippen molar-refractivity contribution in [2.24, 2.45) is 5.92 Å². The van der Waals surface area contributed by atoms with Gasteiger partial charge >= 0.3 is 0 Å². The van der Waals surface area contributed by atoms with Gasteiger partial charge in [-0.15, -0.1) is 0 Å². The molecule has 0 spiro atoms. The number of hydrogen-bond acceptors (Lipinski definition) is 2. The van der Waals surface area contributed by atoms with Gasteiger partial charge in [-0.2, -0.15) is 0 Å². The summed E-state index contributed by atoms with van der Waals surface area (Å²) in [4.78, 5) is 0. The SMILES string of the molecule is CC(O)CCNC(Cc1ccccc1)C1CC1. The lowest BCUT2D eigenvalue weighted by molar-refractivity contribution is 0.181. The van der Waals surface area contributed by atoms with Gasteiger partial charge in [0, 0.05) is 6.04 Å². The van der Waals surface area contributed by atoms with E-state index in [9.17, 15) is 5.11 Å². The maximum Gasteiger partial charge on any atom is 0.0524 e. The van der Waals surface area contributed by atoms with E-state index in [1.54, 1.807) is 0 Å². The fourth-order valence-corrected chi connectivity index (χ4v) is 2.25. The van der Waals surface area contributed by atoms with Crippen LogP contribution in [0.2, 0.25) is 0 Å². The highest BCUT2D eigenvalue weighted by Gasteiger charge is 2.30. The molecule has 2 rings (SSSR count). The van der Waals surface area contributed by atoms with Crippen LogP contribution >= 0.6 is 0 Å². The maximum atomic E-state index is 9.27. The summed E-state index contributed by atoms with van der Waals surface area (Å²) in [6.07, 6.45) is 4.49. The highest BCUT2D eigenvalue weighted by molar-refractivity contribution is 5.16. The molecule has 1 aromatic rings. The van der Waals surface area contributed by atoms with Crippen molar-refractivity contribution in [1.29, 1.82) is 0 Å². The van der Waals surface area contributed by atoms with E-state index in [0.717, 1.165) is 25.3 Å². The van der Waals surface area contributed by atoms with E-state index in [0.29, 0.717) is 6.04 Å². The predicted octanol–water partition coefficient (Wildman–Crippen LogP) is 2.37. The first-order valence-electron chi connectivity index (χ1n) is 6.71. The van der Waals surface area contributed by atoms with Crippen LogP contribution in [-0.2, 0) is 6.42 Å². The van der Waals surface area contributed by atoms with Gasteiger partial charge in [0.25, 0.3) is 0 Å². The molecule has 0 aromatic heterocycles. The van der Waals surface area contributed by atoms with Crippen LogP contribution in [0.5, 0.6) is 0 Å². The van der Waals surface area contributed by atoms with Crippen LogP contribution in [0.4, 0.5) is 0 Å². The Morgan fingerprint density at radius 3 is 2.59 bits per heavy atom. The van der Waals surface area contributed by atoms with Crippen molar-refractivity contribution in [2.75, 3.05) is 6.54 Å². The van der Waals surface area contributed by atoms with E-state index in [1.807, 2.05) is 6.92 Å². The normalized spacial score (nSPS) is 18.9. The first-order chi connectivity index (χ1) is 8.25. The predicted molar refractivity (Wildman–Crippen MR) is 71.0 cm³/mol. The molecule has 1 aliphatic rings. The Morgan fingerprint density at radius 2 is 2.00 bits per heavy atom. The van der Waals surface area contributed by atoms with Crippen molar-refractivity contribution in [3.63, 3.8) is 0 Å². The minimum atomic E-state index is -0.195. The molecule has 0 saturated heterocycles. The highest BCUT2D eigenvalue weighted by Crippen LogP contribution is 2.34. The number of rotatable bonds is 7. The van der Waals surface area contributed by atoms with Gasteiger partial charge in [-0.25, -0.2) is 0 Å². The largest absolute Gasteiger partial charge is 0.393 e. The fourth-order valence-electron chi connectivity index (χ4n) is 2.25. The average Bonchev–Trinajstić information content (AvgIpc) is 3.12. The summed E-state index contributed by atoms with van der Waals surface area (Å²) in [6, 6.07) is 11.3. The van der Waals surface area contributed by atoms with Gasteiger partial charge in [0.2, 0.25) is 0 Å². The summed E-state index contributed by atoms with van der Waals surface area (Å²) in [5.74, 6) is 0.851. The fraction of sp³-hybridized carbons (Fsp3) is 0.600. The van der Waals surface area contributed by atoms with Crippen LogP contribution in [0, 0.1) is 5.92 Å². The van der Waals surface area contributed by atoms with Crippen molar-refractivity contribution in [1.82, 2.24) is 5.32 Å². The number of hydrogen-bond donors (Lipinski definition) is 2. The van der Waals surface area contributed by atoms with Crippen molar-refractivity contribution in [3.8, 4) is 0 Å². The molecule has 1 fully saturated rings. The van der Waals surface area contributed by atoms with E-state index < -0.39 is 0 Å². The molecule has 94 valence electrons. The van der Waals surface area contributed by atoms with E-state index >= 15 is 0 Å². The number of nitrogens with one attached hydrogen (secondary N) is 1. The Kier molecular flexibility index (Phi) is 4.57. The quantitative estimate of drug-likeness (QED) is 0.758. The molecule has 2 unspecified atom stereocenters. The molecule has 0 radical (unpaired) electrons. The monoisotopic (exact) mass is 233 g/mol. The first-order valence-corrected chi connectivity index (χ1v) is 6.71. The second-order valence-electron chi connectivity index (χ2n) is 5.23. The Morgan fingerprint density at radius 1 is 1.29 bits per heavy atom. The summed E-state index contributed by atoms with van der Waals surface area (Å²) in [7, 11) is 0. The minimum Gasteiger partial charge on any atom is -0.393 e. The maximum absolute atomic E-state index is 9.27. The molecule has 1 saturated carbocycles. The molecule has 2 atom stereocenters. The van der Waals surface area contributed by atoms with E-state index in [-0.39, 0.29) is 6.10 Å². The summed E-state index contributed by atoms with van der Waals surface area (Å²) in [5, 5.41) is 12.9. The van der Waals surface area contributed by atoms with Crippen molar-refractivity contribution >= 4 is 0 Å². The molecular weight excluding hydrogens is 210 g/mol. The Balaban J connectivity index is 1.81. The molecule has 2 N–H and O–H groups in total. The molecule has 1 aromatic carbocycles. The zero-order valence-corrected chi connectivity index (χ0v) is 10.6. The molecule has 0 amide bonds. The zero-order valence-electron chi connectivity index (χ0n) is 10.6. The van der Waals surface area contributed by atoms with Gasteiger partial charge in [-0.05, 0) is 50.6 Å². The Bertz CT molecular complexity index is 319. The van der Waals surface area contributed by atoms with Gasteiger partial charge in [0.15, 0.2) is 0 Å². The summed E-state index contributed by atoms with van der Waals surface area (Å²) < 4.78 is 0. The number of aliphatic hydroxyl groups is 1. The van der Waals surface area contributed by atoms with E-state index in [2.05, 4.69) is 35.6 Å². The number of aliphatic hydroxyl groups excluding tert-OH is 1. The molecule has 1 aliphatic carbocycles.